The first-order valence-corrected chi connectivity index (χ1v) is 6.65. The van der Waals surface area contributed by atoms with E-state index in [-0.39, 0.29) is 11.6 Å². The first-order chi connectivity index (χ1) is 7.43. The molecule has 1 fully saturated rings. The van der Waals surface area contributed by atoms with Crippen molar-refractivity contribution < 1.29 is 9.53 Å². The highest BCUT2D eigenvalue weighted by Gasteiger charge is 2.25. The van der Waals surface area contributed by atoms with Crippen molar-refractivity contribution in [2.24, 2.45) is 11.8 Å². The predicted octanol–water partition coefficient (Wildman–Crippen LogP) is 3.93. The molecule has 94 valence electrons. The Morgan fingerprint density at radius 3 is 2.31 bits per heavy atom. The normalized spacial score (nSPS) is 26.5. The van der Waals surface area contributed by atoms with Crippen LogP contribution < -0.4 is 0 Å². The molecule has 0 heterocycles. The lowest BCUT2D eigenvalue weighted by molar-refractivity contribution is -0.158. The number of hydrogen-bond acceptors (Lipinski definition) is 2. The van der Waals surface area contributed by atoms with Gasteiger partial charge >= 0.3 is 5.97 Å². The van der Waals surface area contributed by atoms with Crippen LogP contribution in [0.5, 0.6) is 0 Å². The Kier molecular flexibility index (Phi) is 4.82. The Bertz CT molecular complexity index is 225. The molecule has 0 aromatic rings. The average Bonchev–Trinajstić information content (AvgIpc) is 2.21. The van der Waals surface area contributed by atoms with Crippen LogP contribution in [0.2, 0.25) is 0 Å². The van der Waals surface area contributed by atoms with Crippen LogP contribution in [0.15, 0.2) is 0 Å². The molecule has 0 unspecified atom stereocenters. The Hall–Kier alpha value is -0.530. The Labute approximate surface area is 99.8 Å². The summed E-state index contributed by atoms with van der Waals surface area (Å²) in [6, 6.07) is 0. The summed E-state index contributed by atoms with van der Waals surface area (Å²) in [6.45, 7) is 8.31. The maximum Gasteiger partial charge on any atom is 0.306 e. The largest absolute Gasteiger partial charge is 0.460 e. The minimum Gasteiger partial charge on any atom is -0.460 e. The topological polar surface area (TPSA) is 26.3 Å². The van der Waals surface area contributed by atoms with Gasteiger partial charge in [0.05, 0.1) is 0 Å². The fraction of sp³-hybridized carbons (Fsp3) is 0.929. The SMILES string of the molecule is CCC(C)(C)OC(=O)CC1CCC(C)CC1. The summed E-state index contributed by atoms with van der Waals surface area (Å²) in [5, 5.41) is 0. The van der Waals surface area contributed by atoms with Crippen molar-refractivity contribution in [1.82, 2.24) is 0 Å². The molecule has 0 aliphatic heterocycles. The Morgan fingerprint density at radius 2 is 1.81 bits per heavy atom. The molecule has 0 bridgehead atoms. The fourth-order valence-corrected chi connectivity index (χ4v) is 2.19. The third kappa shape index (κ3) is 4.54. The van der Waals surface area contributed by atoms with Crippen molar-refractivity contribution >= 4 is 5.97 Å². The van der Waals surface area contributed by atoms with E-state index in [1.807, 2.05) is 13.8 Å². The molecule has 0 amide bonds. The second-order valence-corrected chi connectivity index (χ2v) is 5.92. The molecule has 1 aliphatic rings. The highest BCUT2D eigenvalue weighted by Crippen LogP contribution is 2.31. The van der Waals surface area contributed by atoms with Crippen LogP contribution in [-0.4, -0.2) is 11.6 Å². The highest BCUT2D eigenvalue weighted by molar-refractivity contribution is 5.70. The number of carbonyl (C=O) groups is 1. The maximum absolute atomic E-state index is 11.7. The maximum atomic E-state index is 11.7. The van der Waals surface area contributed by atoms with Gasteiger partial charge < -0.3 is 4.74 Å². The second kappa shape index (κ2) is 5.70. The molecule has 0 aromatic carbocycles. The average molecular weight is 226 g/mol. The monoisotopic (exact) mass is 226 g/mol. The zero-order valence-corrected chi connectivity index (χ0v) is 11.2. The van der Waals surface area contributed by atoms with Gasteiger partial charge in [-0.05, 0) is 44.9 Å². The number of carbonyl (C=O) groups excluding carboxylic acids is 1. The van der Waals surface area contributed by atoms with E-state index in [1.165, 1.54) is 25.7 Å². The van der Waals surface area contributed by atoms with Crippen LogP contribution in [-0.2, 0) is 9.53 Å². The van der Waals surface area contributed by atoms with Gasteiger partial charge in [0.15, 0.2) is 0 Å². The van der Waals surface area contributed by atoms with Gasteiger partial charge in [-0.2, -0.15) is 0 Å². The lowest BCUT2D eigenvalue weighted by atomic mass is 9.81. The summed E-state index contributed by atoms with van der Waals surface area (Å²) in [7, 11) is 0. The standard InChI is InChI=1S/C14H26O2/c1-5-14(3,4)16-13(15)10-12-8-6-11(2)7-9-12/h11-12H,5-10H2,1-4H3. The van der Waals surface area contributed by atoms with Crippen molar-refractivity contribution in [1.29, 1.82) is 0 Å². The first kappa shape index (κ1) is 13.5. The van der Waals surface area contributed by atoms with E-state index >= 15 is 0 Å². The molecule has 0 spiro atoms. The van der Waals surface area contributed by atoms with Gasteiger partial charge in [0.1, 0.15) is 5.60 Å². The van der Waals surface area contributed by atoms with E-state index in [2.05, 4.69) is 13.8 Å². The van der Waals surface area contributed by atoms with Crippen LogP contribution in [0.25, 0.3) is 0 Å². The molecular formula is C14H26O2. The Morgan fingerprint density at radius 1 is 1.25 bits per heavy atom. The van der Waals surface area contributed by atoms with Gasteiger partial charge in [0.2, 0.25) is 0 Å². The van der Waals surface area contributed by atoms with Gasteiger partial charge in [-0.25, -0.2) is 0 Å². The highest BCUT2D eigenvalue weighted by atomic mass is 16.6. The molecule has 16 heavy (non-hydrogen) atoms. The van der Waals surface area contributed by atoms with Gasteiger partial charge in [0, 0.05) is 6.42 Å². The quantitative estimate of drug-likeness (QED) is 0.679. The van der Waals surface area contributed by atoms with E-state index in [4.69, 9.17) is 4.74 Å². The predicted molar refractivity (Wildman–Crippen MR) is 66.2 cm³/mol. The van der Waals surface area contributed by atoms with E-state index in [1.54, 1.807) is 0 Å². The van der Waals surface area contributed by atoms with Crippen molar-refractivity contribution in [3.05, 3.63) is 0 Å². The molecule has 2 heteroatoms. The van der Waals surface area contributed by atoms with Crippen LogP contribution in [0.3, 0.4) is 0 Å². The van der Waals surface area contributed by atoms with E-state index < -0.39 is 0 Å². The number of esters is 1. The molecule has 0 aromatic heterocycles. The van der Waals surface area contributed by atoms with E-state index in [0.29, 0.717) is 12.3 Å². The van der Waals surface area contributed by atoms with E-state index in [9.17, 15) is 4.79 Å². The summed E-state index contributed by atoms with van der Waals surface area (Å²) in [5.41, 5.74) is -0.293. The number of hydrogen-bond donors (Lipinski definition) is 0. The summed E-state index contributed by atoms with van der Waals surface area (Å²) < 4.78 is 5.48. The molecule has 1 rings (SSSR count). The lowest BCUT2D eigenvalue weighted by Crippen LogP contribution is -2.28. The molecular weight excluding hydrogens is 200 g/mol. The second-order valence-electron chi connectivity index (χ2n) is 5.92. The van der Waals surface area contributed by atoms with E-state index in [0.717, 1.165) is 12.3 Å². The molecule has 0 radical (unpaired) electrons. The fourth-order valence-electron chi connectivity index (χ4n) is 2.19. The molecule has 2 nitrogen and oxygen atoms in total. The third-order valence-corrected chi connectivity index (χ3v) is 3.83. The molecule has 1 aliphatic carbocycles. The van der Waals surface area contributed by atoms with Crippen LogP contribution in [0.4, 0.5) is 0 Å². The number of rotatable bonds is 4. The Balaban J connectivity index is 2.29. The molecule has 0 saturated heterocycles. The van der Waals surface area contributed by atoms with Crippen molar-refractivity contribution in [2.45, 2.75) is 71.8 Å². The molecule has 0 atom stereocenters. The van der Waals surface area contributed by atoms with Crippen LogP contribution >= 0.6 is 0 Å². The van der Waals surface area contributed by atoms with Crippen molar-refractivity contribution in [3.63, 3.8) is 0 Å². The van der Waals surface area contributed by atoms with Crippen LogP contribution in [0, 0.1) is 11.8 Å². The van der Waals surface area contributed by atoms with Gasteiger partial charge in [-0.3, -0.25) is 4.79 Å². The summed E-state index contributed by atoms with van der Waals surface area (Å²) in [6.07, 6.45) is 6.44. The number of ether oxygens (including phenoxy) is 1. The van der Waals surface area contributed by atoms with Crippen molar-refractivity contribution in [2.75, 3.05) is 0 Å². The zero-order chi connectivity index (χ0) is 12.2. The van der Waals surface area contributed by atoms with Gasteiger partial charge in [-0.1, -0.05) is 26.7 Å². The summed E-state index contributed by atoms with van der Waals surface area (Å²) in [4.78, 5) is 11.7. The van der Waals surface area contributed by atoms with Gasteiger partial charge in [-0.15, -0.1) is 0 Å². The minimum atomic E-state index is -0.293. The third-order valence-electron chi connectivity index (χ3n) is 3.83. The molecule has 0 N–H and O–H groups in total. The first-order valence-electron chi connectivity index (χ1n) is 6.65. The zero-order valence-electron chi connectivity index (χ0n) is 11.2. The lowest BCUT2D eigenvalue weighted by Gasteiger charge is -2.28. The summed E-state index contributed by atoms with van der Waals surface area (Å²) in [5.74, 6) is 1.40. The van der Waals surface area contributed by atoms with Crippen LogP contribution in [0.1, 0.15) is 66.2 Å². The van der Waals surface area contributed by atoms with Crippen molar-refractivity contribution in [3.8, 4) is 0 Å². The molecule has 1 saturated carbocycles. The minimum absolute atomic E-state index is 0.00796. The smallest absolute Gasteiger partial charge is 0.306 e. The van der Waals surface area contributed by atoms with Gasteiger partial charge in [0.25, 0.3) is 0 Å². The summed E-state index contributed by atoms with van der Waals surface area (Å²) >= 11 is 0.